The van der Waals surface area contributed by atoms with Crippen LogP contribution in [-0.4, -0.2) is 28.2 Å². The van der Waals surface area contributed by atoms with Crippen molar-refractivity contribution in [3.05, 3.63) is 34.1 Å². The molecule has 0 amide bonds. The molecule has 0 bridgehead atoms. The van der Waals surface area contributed by atoms with Crippen LogP contribution in [-0.2, 0) is 11.2 Å². The molecule has 8 heteroatoms. The second-order valence-electron chi connectivity index (χ2n) is 5.44. The van der Waals surface area contributed by atoms with E-state index >= 15 is 0 Å². The summed E-state index contributed by atoms with van der Waals surface area (Å²) < 4.78 is 18.7. The molecule has 1 aliphatic heterocycles. The van der Waals surface area contributed by atoms with Crippen molar-refractivity contribution >= 4 is 29.0 Å². The van der Waals surface area contributed by atoms with Gasteiger partial charge in [-0.25, -0.2) is 15.0 Å². The fraction of sp³-hybridized carbons (Fsp3) is 0.400. The molecule has 2 aromatic rings. The zero-order valence-electron chi connectivity index (χ0n) is 12.2. The minimum Gasteiger partial charge on any atom is -0.382 e. The SMILES string of the molecule is Nc1nc(-c2cc(F)ncc2Cl)c(Cl)nc1CC1CCOCC1. The molecule has 0 saturated carbocycles. The third kappa shape index (κ3) is 3.71. The lowest BCUT2D eigenvalue weighted by molar-refractivity contribution is 0.0663. The minimum atomic E-state index is -0.674. The summed E-state index contributed by atoms with van der Waals surface area (Å²) in [5.41, 5.74) is 7.24. The number of hydrogen-bond acceptors (Lipinski definition) is 5. The summed E-state index contributed by atoms with van der Waals surface area (Å²) in [7, 11) is 0. The number of aromatic nitrogens is 3. The minimum absolute atomic E-state index is 0.147. The van der Waals surface area contributed by atoms with Crippen LogP contribution in [0.1, 0.15) is 18.5 Å². The molecule has 2 N–H and O–H groups in total. The number of rotatable bonds is 3. The monoisotopic (exact) mass is 356 g/mol. The van der Waals surface area contributed by atoms with Crippen LogP contribution >= 0.6 is 23.2 Å². The molecule has 3 rings (SSSR count). The molecule has 122 valence electrons. The van der Waals surface area contributed by atoms with E-state index in [9.17, 15) is 4.39 Å². The number of anilines is 1. The second kappa shape index (κ2) is 6.95. The van der Waals surface area contributed by atoms with Gasteiger partial charge in [0.1, 0.15) is 11.5 Å². The first-order chi connectivity index (χ1) is 11.0. The van der Waals surface area contributed by atoms with Gasteiger partial charge in [0.2, 0.25) is 5.95 Å². The smallest absolute Gasteiger partial charge is 0.213 e. The Morgan fingerprint density at radius 2 is 2.00 bits per heavy atom. The van der Waals surface area contributed by atoms with E-state index in [1.54, 1.807) is 0 Å². The van der Waals surface area contributed by atoms with Crippen LogP contribution in [0.4, 0.5) is 10.2 Å². The van der Waals surface area contributed by atoms with E-state index in [1.165, 1.54) is 6.20 Å². The molecule has 1 saturated heterocycles. The molecule has 0 atom stereocenters. The van der Waals surface area contributed by atoms with Gasteiger partial charge in [0.25, 0.3) is 0 Å². The molecule has 5 nitrogen and oxygen atoms in total. The number of halogens is 3. The lowest BCUT2D eigenvalue weighted by atomic mass is 9.95. The van der Waals surface area contributed by atoms with Gasteiger partial charge >= 0.3 is 0 Å². The first kappa shape index (κ1) is 16.4. The number of nitrogens with two attached hydrogens (primary N) is 1. The Labute approximate surface area is 143 Å². The quantitative estimate of drug-likeness (QED) is 0.851. The van der Waals surface area contributed by atoms with E-state index in [2.05, 4.69) is 15.0 Å². The van der Waals surface area contributed by atoms with Crippen molar-refractivity contribution in [3.63, 3.8) is 0 Å². The van der Waals surface area contributed by atoms with Crippen LogP contribution in [0.25, 0.3) is 11.3 Å². The van der Waals surface area contributed by atoms with Crippen LogP contribution in [0.2, 0.25) is 10.2 Å². The average molecular weight is 357 g/mol. The molecule has 0 radical (unpaired) electrons. The van der Waals surface area contributed by atoms with E-state index < -0.39 is 5.95 Å². The molecule has 1 aliphatic rings. The molecule has 0 aromatic carbocycles. The third-order valence-corrected chi connectivity index (χ3v) is 4.42. The van der Waals surface area contributed by atoms with Gasteiger partial charge in [-0.15, -0.1) is 0 Å². The summed E-state index contributed by atoms with van der Waals surface area (Å²) in [6.45, 7) is 1.49. The van der Waals surface area contributed by atoms with Gasteiger partial charge in [0.05, 0.1) is 10.7 Å². The highest BCUT2D eigenvalue weighted by molar-refractivity contribution is 6.35. The largest absolute Gasteiger partial charge is 0.382 e. The summed E-state index contributed by atoms with van der Waals surface area (Å²) >= 11 is 12.3. The Hall–Kier alpha value is -1.50. The molecule has 23 heavy (non-hydrogen) atoms. The standard InChI is InChI=1S/C15H15Cl2FN4O/c16-10-7-20-12(18)6-9(10)13-14(17)21-11(15(19)22-13)5-8-1-3-23-4-2-8/h6-8H,1-5H2,(H2,19,22). The summed E-state index contributed by atoms with van der Waals surface area (Å²) in [5.74, 6) is 0.0560. The highest BCUT2D eigenvalue weighted by atomic mass is 35.5. The number of hydrogen-bond donors (Lipinski definition) is 1. The summed E-state index contributed by atoms with van der Waals surface area (Å²) in [6.07, 6.45) is 3.82. The Balaban J connectivity index is 1.92. The number of nitrogen functional groups attached to an aromatic ring is 1. The maximum absolute atomic E-state index is 13.3. The van der Waals surface area contributed by atoms with Crippen LogP contribution in [0.15, 0.2) is 12.3 Å². The Morgan fingerprint density at radius 1 is 1.26 bits per heavy atom. The van der Waals surface area contributed by atoms with E-state index in [0.717, 1.165) is 32.1 Å². The van der Waals surface area contributed by atoms with E-state index in [4.69, 9.17) is 33.7 Å². The van der Waals surface area contributed by atoms with Crippen molar-refractivity contribution in [2.45, 2.75) is 19.3 Å². The Morgan fingerprint density at radius 3 is 2.74 bits per heavy atom. The van der Waals surface area contributed by atoms with Gasteiger partial charge in [0.15, 0.2) is 5.15 Å². The number of nitrogens with zero attached hydrogens (tertiary/aromatic N) is 3. The zero-order valence-corrected chi connectivity index (χ0v) is 13.7. The topological polar surface area (TPSA) is 73.9 Å². The number of ether oxygens (including phenoxy) is 1. The zero-order chi connectivity index (χ0) is 16.4. The van der Waals surface area contributed by atoms with Gasteiger partial charge < -0.3 is 10.5 Å². The van der Waals surface area contributed by atoms with Crippen LogP contribution in [0.3, 0.4) is 0 Å². The number of pyridine rings is 1. The highest BCUT2D eigenvalue weighted by Crippen LogP contribution is 2.32. The maximum Gasteiger partial charge on any atom is 0.213 e. The predicted molar refractivity (Wildman–Crippen MR) is 86.9 cm³/mol. The van der Waals surface area contributed by atoms with Crippen molar-refractivity contribution in [1.29, 1.82) is 0 Å². The van der Waals surface area contributed by atoms with Gasteiger partial charge in [0, 0.05) is 31.0 Å². The first-order valence-electron chi connectivity index (χ1n) is 7.25. The fourth-order valence-corrected chi connectivity index (χ4v) is 3.04. The molecular weight excluding hydrogens is 342 g/mol. The van der Waals surface area contributed by atoms with Crippen molar-refractivity contribution < 1.29 is 9.13 Å². The van der Waals surface area contributed by atoms with E-state index in [-0.39, 0.29) is 21.7 Å². The van der Waals surface area contributed by atoms with Gasteiger partial charge in [-0.3, -0.25) is 0 Å². The molecule has 2 aromatic heterocycles. The Kier molecular flexibility index (Phi) is 4.94. The van der Waals surface area contributed by atoms with Crippen LogP contribution in [0.5, 0.6) is 0 Å². The van der Waals surface area contributed by atoms with Gasteiger partial charge in [-0.05, 0) is 25.2 Å². The summed E-state index contributed by atoms with van der Waals surface area (Å²) in [6, 6.07) is 1.16. The molecule has 0 aliphatic carbocycles. The molecule has 3 heterocycles. The molecule has 0 unspecified atom stereocenters. The lowest BCUT2D eigenvalue weighted by Gasteiger charge is -2.22. The van der Waals surface area contributed by atoms with E-state index in [1.807, 2.05) is 0 Å². The lowest BCUT2D eigenvalue weighted by Crippen LogP contribution is -2.19. The maximum atomic E-state index is 13.3. The van der Waals surface area contributed by atoms with Crippen molar-refractivity contribution in [1.82, 2.24) is 15.0 Å². The predicted octanol–water partition coefficient (Wildman–Crippen LogP) is 3.54. The van der Waals surface area contributed by atoms with Gasteiger partial charge in [-0.1, -0.05) is 23.2 Å². The fourth-order valence-electron chi connectivity index (χ4n) is 2.60. The first-order valence-corrected chi connectivity index (χ1v) is 8.01. The summed E-state index contributed by atoms with van der Waals surface area (Å²) in [5, 5.41) is 0.382. The third-order valence-electron chi connectivity index (χ3n) is 3.86. The van der Waals surface area contributed by atoms with Crippen LogP contribution < -0.4 is 5.73 Å². The normalized spacial score (nSPS) is 15.8. The van der Waals surface area contributed by atoms with Crippen LogP contribution in [0, 0.1) is 11.9 Å². The second-order valence-corrected chi connectivity index (χ2v) is 6.21. The molecular formula is C15H15Cl2FN4O. The Bertz CT molecular complexity index is 723. The van der Waals surface area contributed by atoms with E-state index in [0.29, 0.717) is 23.6 Å². The van der Waals surface area contributed by atoms with Gasteiger partial charge in [-0.2, -0.15) is 4.39 Å². The molecule has 0 spiro atoms. The van der Waals surface area contributed by atoms with Crippen molar-refractivity contribution in [2.75, 3.05) is 18.9 Å². The van der Waals surface area contributed by atoms with Crippen molar-refractivity contribution in [3.8, 4) is 11.3 Å². The highest BCUT2D eigenvalue weighted by Gasteiger charge is 2.20. The average Bonchev–Trinajstić information content (AvgIpc) is 2.54. The summed E-state index contributed by atoms with van der Waals surface area (Å²) in [4.78, 5) is 12.1. The molecule has 1 fully saturated rings. The van der Waals surface area contributed by atoms with Crippen molar-refractivity contribution in [2.24, 2.45) is 5.92 Å².